The van der Waals surface area contributed by atoms with Crippen molar-refractivity contribution in [2.45, 2.75) is 117 Å². The highest BCUT2D eigenvalue weighted by Crippen LogP contribution is 2.43. The SMILES string of the molecule is Brc1nc2c3ccccc3ccc2c2ccccc12.CC1(C)OB(B2OC(C)(C)C(C)(C)O2)OC1(C)C.CC1(C)OB(c2nc3c4ccccc4ccc3c3ccccc23)OC1(C)C. The van der Waals surface area contributed by atoms with Gasteiger partial charge in [-0.3, -0.25) is 4.98 Å². The van der Waals surface area contributed by atoms with E-state index in [4.69, 9.17) is 37.9 Å². The second kappa shape index (κ2) is 15.9. The van der Waals surface area contributed by atoms with Gasteiger partial charge < -0.3 is 27.9 Å². The smallest absolute Gasteiger partial charge is 0.405 e. The summed E-state index contributed by atoms with van der Waals surface area (Å²) in [7, 11) is -1.43. The van der Waals surface area contributed by atoms with E-state index >= 15 is 0 Å². The van der Waals surface area contributed by atoms with Gasteiger partial charge >= 0.3 is 21.1 Å². The Hall–Kier alpha value is -4.39. The molecule has 0 N–H and O–H groups in total. The summed E-state index contributed by atoms with van der Waals surface area (Å²) in [6, 6.07) is 42.2. The molecule has 0 radical (unpaired) electrons. The van der Waals surface area contributed by atoms with E-state index in [0.29, 0.717) is 0 Å². The first-order valence-corrected chi connectivity index (χ1v) is 23.0. The Morgan fingerprint density at radius 1 is 0.344 bits per heavy atom. The quantitative estimate of drug-likeness (QED) is 0.0964. The summed E-state index contributed by atoms with van der Waals surface area (Å²) >= 11 is 3.59. The van der Waals surface area contributed by atoms with Crippen molar-refractivity contribution in [2.24, 2.45) is 0 Å². The number of halogens is 1. The minimum atomic E-state index is -0.483. The summed E-state index contributed by atoms with van der Waals surface area (Å²) in [5, 5.41) is 11.8. The zero-order valence-electron chi connectivity index (χ0n) is 39.0. The van der Waals surface area contributed by atoms with Crippen molar-refractivity contribution in [2.75, 3.05) is 0 Å². The van der Waals surface area contributed by atoms with Gasteiger partial charge in [-0.2, -0.15) is 0 Å². The van der Waals surface area contributed by atoms with Gasteiger partial charge in [-0.05, 0) is 121 Å². The lowest BCUT2D eigenvalue weighted by molar-refractivity contribution is 0.00578. The second-order valence-electron chi connectivity index (χ2n) is 20.2. The molecule has 3 fully saturated rings. The zero-order chi connectivity index (χ0) is 45.6. The summed E-state index contributed by atoms with van der Waals surface area (Å²) < 4.78 is 37.4. The standard InChI is InChI=1S/C23H22BNO2.C17H10BrN.C12H24B2O4/c1-22(2)23(3,4)27-24(26-22)21-19-12-8-7-11-17(19)18-14-13-15-9-5-6-10-16(15)20(18)25-21;18-17-15-8-4-3-7-13(15)14-10-9-11-5-1-2-6-12(11)16(14)19-17;1-9(2)10(3,4)16-13(15-9)14-17-11(5,6)12(7,8)18-14/h5-14H,1-4H3;1-10H;1-8H3. The molecule has 6 aromatic carbocycles. The summed E-state index contributed by atoms with van der Waals surface area (Å²) in [5.41, 5.74) is 0.682. The van der Waals surface area contributed by atoms with E-state index in [1.165, 1.54) is 32.3 Å². The molecule has 0 spiro atoms. The van der Waals surface area contributed by atoms with Crippen molar-refractivity contribution in [3.05, 3.63) is 126 Å². The van der Waals surface area contributed by atoms with Crippen molar-refractivity contribution in [1.29, 1.82) is 0 Å². The molecule has 3 aliphatic rings. The number of fused-ring (bicyclic) bond motifs is 10. The molecule has 8 nitrogen and oxygen atoms in total. The van der Waals surface area contributed by atoms with Crippen molar-refractivity contribution in [3.8, 4) is 0 Å². The molecule has 3 aliphatic heterocycles. The summed E-state index contributed by atoms with van der Waals surface area (Å²) in [6.07, 6.45) is 0. The van der Waals surface area contributed by atoms with Crippen LogP contribution in [0.3, 0.4) is 0 Å². The molecule has 5 heterocycles. The molecule has 64 heavy (non-hydrogen) atoms. The molecule has 0 atom stereocenters. The van der Waals surface area contributed by atoms with Gasteiger partial charge in [-0.25, -0.2) is 4.98 Å². The van der Waals surface area contributed by atoms with E-state index in [9.17, 15) is 0 Å². The van der Waals surface area contributed by atoms with Gasteiger partial charge in [0.15, 0.2) is 0 Å². The van der Waals surface area contributed by atoms with Crippen LogP contribution >= 0.6 is 15.9 Å². The highest BCUT2D eigenvalue weighted by atomic mass is 79.9. The first-order valence-electron chi connectivity index (χ1n) is 22.2. The highest BCUT2D eigenvalue weighted by molar-refractivity contribution is 9.10. The molecule has 2 aromatic heterocycles. The third-order valence-corrected chi connectivity index (χ3v) is 15.0. The summed E-state index contributed by atoms with van der Waals surface area (Å²) in [4.78, 5) is 9.84. The zero-order valence-corrected chi connectivity index (χ0v) is 40.6. The first kappa shape index (κ1) is 44.8. The van der Waals surface area contributed by atoms with Gasteiger partial charge in [0.25, 0.3) is 0 Å². The number of nitrogens with zero attached hydrogens (tertiary/aromatic N) is 2. The van der Waals surface area contributed by atoms with Gasteiger partial charge in [-0.15, -0.1) is 0 Å². The fraction of sp³-hybridized carbons (Fsp3) is 0.346. The van der Waals surface area contributed by atoms with E-state index < -0.39 is 32.3 Å². The molecular formula is C52H56B3BrN2O6. The number of pyridine rings is 2. The van der Waals surface area contributed by atoms with Crippen molar-refractivity contribution < 1.29 is 27.9 Å². The number of hydrogen-bond acceptors (Lipinski definition) is 8. The van der Waals surface area contributed by atoms with Crippen molar-refractivity contribution >= 4 is 108 Å². The number of aromatic nitrogens is 2. The van der Waals surface area contributed by atoms with Crippen molar-refractivity contribution in [1.82, 2.24) is 9.97 Å². The molecule has 11 rings (SSSR count). The molecule has 0 amide bonds. The van der Waals surface area contributed by atoms with E-state index in [2.05, 4.69) is 153 Å². The van der Waals surface area contributed by atoms with Crippen LogP contribution in [0.5, 0.6) is 0 Å². The van der Waals surface area contributed by atoms with Gasteiger partial charge in [0.1, 0.15) is 4.60 Å². The Bertz CT molecular complexity index is 3020. The van der Waals surface area contributed by atoms with Crippen LogP contribution in [0.25, 0.3) is 64.9 Å². The van der Waals surface area contributed by atoms with Crippen LogP contribution < -0.4 is 5.59 Å². The molecule has 12 heteroatoms. The lowest BCUT2D eigenvalue weighted by Crippen LogP contribution is -2.41. The third kappa shape index (κ3) is 7.72. The minimum Gasteiger partial charge on any atom is -0.405 e. The average Bonchev–Trinajstić information content (AvgIpc) is 3.73. The Kier molecular flexibility index (Phi) is 11.1. The molecule has 8 aromatic rings. The molecule has 0 saturated carbocycles. The number of hydrogen-bond donors (Lipinski definition) is 0. The summed E-state index contributed by atoms with van der Waals surface area (Å²) in [6.45, 7) is 24.5. The maximum atomic E-state index is 6.33. The van der Waals surface area contributed by atoms with Crippen LogP contribution in [-0.2, 0) is 27.9 Å². The third-order valence-electron chi connectivity index (χ3n) is 14.4. The van der Waals surface area contributed by atoms with Gasteiger partial charge in [0.05, 0.1) is 50.2 Å². The highest BCUT2D eigenvalue weighted by Gasteiger charge is 2.63. The molecule has 326 valence electrons. The van der Waals surface area contributed by atoms with E-state index in [0.717, 1.165) is 42.8 Å². The number of rotatable bonds is 2. The molecule has 0 aliphatic carbocycles. The van der Waals surface area contributed by atoms with E-state index in [-0.39, 0.29) is 22.4 Å². The van der Waals surface area contributed by atoms with Gasteiger partial charge in [0.2, 0.25) is 0 Å². The predicted octanol–water partition coefficient (Wildman–Crippen LogP) is 12.4. The Labute approximate surface area is 386 Å². The fourth-order valence-electron chi connectivity index (χ4n) is 8.50. The van der Waals surface area contributed by atoms with Crippen LogP contribution in [0, 0.1) is 0 Å². The van der Waals surface area contributed by atoms with E-state index in [1.54, 1.807) is 0 Å². The first-order chi connectivity index (χ1) is 30.1. The molecule has 3 saturated heterocycles. The van der Waals surface area contributed by atoms with Crippen LogP contribution in [0.2, 0.25) is 0 Å². The predicted molar refractivity (Wildman–Crippen MR) is 269 cm³/mol. The second-order valence-corrected chi connectivity index (χ2v) is 20.9. The lowest BCUT2D eigenvalue weighted by Gasteiger charge is -2.32. The largest absolute Gasteiger partial charge is 0.515 e. The molecule has 0 bridgehead atoms. The minimum absolute atomic E-state index is 0.360. The van der Waals surface area contributed by atoms with Crippen LogP contribution in [0.15, 0.2) is 126 Å². The fourth-order valence-corrected chi connectivity index (χ4v) is 9.02. The number of benzene rings is 6. The van der Waals surface area contributed by atoms with E-state index in [1.807, 2.05) is 67.5 Å². The topological polar surface area (TPSA) is 81.2 Å². The monoisotopic (exact) mass is 916 g/mol. The molecular weight excluding hydrogens is 861 g/mol. The van der Waals surface area contributed by atoms with Gasteiger partial charge in [0, 0.05) is 32.3 Å². The normalized spacial score (nSPS) is 20.2. The average molecular weight is 917 g/mol. The van der Waals surface area contributed by atoms with Crippen LogP contribution in [0.4, 0.5) is 0 Å². The van der Waals surface area contributed by atoms with Crippen LogP contribution in [0.1, 0.15) is 83.1 Å². The van der Waals surface area contributed by atoms with Gasteiger partial charge in [-0.1, -0.05) is 121 Å². The summed E-state index contributed by atoms with van der Waals surface area (Å²) in [5.74, 6) is 0. The maximum Gasteiger partial charge on any atom is 0.515 e. The van der Waals surface area contributed by atoms with Crippen LogP contribution in [-0.4, -0.2) is 64.7 Å². The Morgan fingerprint density at radius 2 is 0.672 bits per heavy atom. The molecule has 0 unspecified atom stereocenters. The maximum absolute atomic E-state index is 6.33. The Balaban J connectivity index is 0.000000125. The Morgan fingerprint density at radius 3 is 1.11 bits per heavy atom. The van der Waals surface area contributed by atoms with Crippen molar-refractivity contribution in [3.63, 3.8) is 0 Å². The lowest BCUT2D eigenvalue weighted by atomic mass is 9.49.